The first-order valence-electron chi connectivity index (χ1n) is 5.34. The van der Waals surface area contributed by atoms with Gasteiger partial charge in [-0.05, 0) is 18.9 Å². The van der Waals surface area contributed by atoms with Gasteiger partial charge in [-0.2, -0.15) is 0 Å². The number of hydrogen-bond acceptors (Lipinski definition) is 1. The van der Waals surface area contributed by atoms with E-state index in [0.717, 1.165) is 12.5 Å². The summed E-state index contributed by atoms with van der Waals surface area (Å²) >= 11 is 0. The minimum Gasteiger partial charge on any atom is -0.330 e. The van der Waals surface area contributed by atoms with Crippen molar-refractivity contribution < 1.29 is 0 Å². The van der Waals surface area contributed by atoms with E-state index in [2.05, 4.69) is 13.1 Å². The summed E-state index contributed by atoms with van der Waals surface area (Å²) in [5.74, 6) is 0.962. The minimum atomic E-state index is -0.752. The molecule has 2 N–H and O–H groups in total. The van der Waals surface area contributed by atoms with Gasteiger partial charge in [-0.3, -0.25) is 0 Å². The molecule has 1 saturated heterocycles. The molecule has 1 fully saturated rings. The highest BCUT2D eigenvalue weighted by Gasteiger charge is 2.25. The van der Waals surface area contributed by atoms with Crippen molar-refractivity contribution in [2.45, 2.75) is 50.9 Å². The number of hydrogen-bond donors (Lipinski definition) is 1. The van der Waals surface area contributed by atoms with E-state index in [0.29, 0.717) is 0 Å². The Balaban J connectivity index is 2.34. The molecule has 1 nitrogen and oxygen atoms in total. The zero-order chi connectivity index (χ0) is 9.03. The largest absolute Gasteiger partial charge is 0.330 e. The Bertz CT molecular complexity index is 134. The summed E-state index contributed by atoms with van der Waals surface area (Å²) in [6.07, 6.45) is 5.67. The third-order valence-corrected chi connectivity index (χ3v) is 6.62. The molecule has 72 valence electrons. The average molecular weight is 185 g/mol. The highest BCUT2D eigenvalue weighted by atomic mass is 28.3. The molecule has 0 aliphatic carbocycles. The monoisotopic (exact) mass is 185 g/mol. The molecule has 1 heterocycles. The first-order chi connectivity index (χ1) is 5.64. The van der Waals surface area contributed by atoms with Crippen molar-refractivity contribution in [1.82, 2.24) is 0 Å². The van der Waals surface area contributed by atoms with Crippen molar-refractivity contribution in [2.75, 3.05) is 6.54 Å². The van der Waals surface area contributed by atoms with Crippen LogP contribution < -0.4 is 5.73 Å². The summed E-state index contributed by atoms with van der Waals surface area (Å²) in [6.45, 7) is 5.97. The van der Waals surface area contributed by atoms with Crippen LogP contribution in [0.2, 0.25) is 25.2 Å². The lowest BCUT2D eigenvalue weighted by Gasteiger charge is -2.19. The standard InChI is InChI=1S/C10H23NSi/c1-12(2)8-3-4-10(5-7-11)6-9-12/h10H,3-9,11H2,1-2H3/t10-/m1/s1. The van der Waals surface area contributed by atoms with Gasteiger partial charge in [-0.25, -0.2) is 0 Å². The smallest absolute Gasteiger partial charge is 0.0473 e. The third-order valence-electron chi connectivity index (χ3n) is 3.27. The van der Waals surface area contributed by atoms with Gasteiger partial charge in [-0.1, -0.05) is 44.4 Å². The summed E-state index contributed by atoms with van der Waals surface area (Å²) in [5.41, 5.74) is 5.59. The van der Waals surface area contributed by atoms with Crippen molar-refractivity contribution in [3.8, 4) is 0 Å². The van der Waals surface area contributed by atoms with Gasteiger partial charge in [0.25, 0.3) is 0 Å². The lowest BCUT2D eigenvalue weighted by Crippen LogP contribution is -2.23. The Morgan fingerprint density at radius 2 is 2.00 bits per heavy atom. The Labute approximate surface area is 77.7 Å². The maximum atomic E-state index is 5.59. The number of rotatable bonds is 2. The van der Waals surface area contributed by atoms with Crippen LogP contribution in [-0.4, -0.2) is 14.6 Å². The first kappa shape index (κ1) is 10.3. The van der Waals surface area contributed by atoms with Gasteiger partial charge in [0, 0.05) is 8.07 Å². The quantitative estimate of drug-likeness (QED) is 0.658. The van der Waals surface area contributed by atoms with Crippen LogP contribution in [0.25, 0.3) is 0 Å². The van der Waals surface area contributed by atoms with Crippen molar-refractivity contribution in [2.24, 2.45) is 11.7 Å². The molecule has 1 aliphatic rings. The fraction of sp³-hybridized carbons (Fsp3) is 1.00. The van der Waals surface area contributed by atoms with Crippen molar-refractivity contribution in [3.63, 3.8) is 0 Å². The zero-order valence-corrected chi connectivity index (χ0v) is 9.60. The first-order valence-corrected chi connectivity index (χ1v) is 8.75. The minimum absolute atomic E-state index is 0.752. The molecule has 0 unspecified atom stereocenters. The molecule has 0 radical (unpaired) electrons. The van der Waals surface area contributed by atoms with Gasteiger partial charge in [0.2, 0.25) is 0 Å². The molecule has 2 heteroatoms. The Morgan fingerprint density at radius 3 is 2.67 bits per heavy atom. The van der Waals surface area contributed by atoms with Crippen LogP contribution in [0.4, 0.5) is 0 Å². The van der Waals surface area contributed by atoms with Crippen molar-refractivity contribution in [3.05, 3.63) is 0 Å². The summed E-state index contributed by atoms with van der Waals surface area (Å²) in [5, 5.41) is 0. The molecule has 0 aromatic heterocycles. The van der Waals surface area contributed by atoms with E-state index in [1.54, 1.807) is 6.04 Å². The highest BCUT2D eigenvalue weighted by molar-refractivity contribution is 6.77. The predicted octanol–water partition coefficient (Wildman–Crippen LogP) is 2.84. The van der Waals surface area contributed by atoms with E-state index in [9.17, 15) is 0 Å². The predicted molar refractivity (Wildman–Crippen MR) is 58.1 cm³/mol. The molecule has 0 bridgehead atoms. The Morgan fingerprint density at radius 1 is 1.25 bits per heavy atom. The molecule has 0 saturated carbocycles. The molecule has 1 atom stereocenters. The summed E-state index contributed by atoms with van der Waals surface area (Å²) in [4.78, 5) is 0. The van der Waals surface area contributed by atoms with E-state index >= 15 is 0 Å². The van der Waals surface area contributed by atoms with Gasteiger partial charge in [0.05, 0.1) is 0 Å². The fourth-order valence-electron chi connectivity index (χ4n) is 2.26. The van der Waals surface area contributed by atoms with E-state index in [-0.39, 0.29) is 0 Å². The Hall–Kier alpha value is 0.177. The second-order valence-electron chi connectivity index (χ2n) is 5.04. The van der Waals surface area contributed by atoms with Gasteiger partial charge < -0.3 is 5.73 Å². The van der Waals surface area contributed by atoms with Crippen LogP contribution in [0, 0.1) is 5.92 Å². The van der Waals surface area contributed by atoms with Gasteiger partial charge >= 0.3 is 0 Å². The average Bonchev–Trinajstić information content (AvgIpc) is 2.14. The lowest BCUT2D eigenvalue weighted by molar-refractivity contribution is 0.446. The van der Waals surface area contributed by atoms with Crippen LogP contribution in [0.15, 0.2) is 0 Å². The molecule has 0 spiro atoms. The highest BCUT2D eigenvalue weighted by Crippen LogP contribution is 2.31. The molecule has 1 rings (SSSR count). The maximum absolute atomic E-state index is 5.59. The third kappa shape index (κ3) is 3.28. The maximum Gasteiger partial charge on any atom is 0.0473 e. The summed E-state index contributed by atoms with van der Waals surface area (Å²) < 4.78 is 0. The van der Waals surface area contributed by atoms with Gasteiger partial charge in [0.1, 0.15) is 0 Å². The van der Waals surface area contributed by atoms with Crippen LogP contribution in [0.3, 0.4) is 0 Å². The van der Waals surface area contributed by atoms with Crippen LogP contribution in [-0.2, 0) is 0 Å². The molecule has 0 aromatic rings. The lowest BCUT2D eigenvalue weighted by atomic mass is 9.97. The number of nitrogens with two attached hydrogens (primary N) is 1. The molecule has 0 aromatic carbocycles. The zero-order valence-electron chi connectivity index (χ0n) is 8.60. The summed E-state index contributed by atoms with van der Waals surface area (Å²) in [6, 6.07) is 3.09. The normalized spacial score (nSPS) is 29.8. The van der Waals surface area contributed by atoms with Crippen molar-refractivity contribution >= 4 is 8.07 Å². The Kier molecular flexibility index (Phi) is 3.78. The molecule has 12 heavy (non-hydrogen) atoms. The second kappa shape index (κ2) is 4.42. The van der Waals surface area contributed by atoms with Crippen LogP contribution in [0.5, 0.6) is 0 Å². The van der Waals surface area contributed by atoms with Crippen molar-refractivity contribution in [1.29, 1.82) is 0 Å². The van der Waals surface area contributed by atoms with Gasteiger partial charge in [0.15, 0.2) is 0 Å². The van der Waals surface area contributed by atoms with E-state index in [1.165, 1.54) is 31.7 Å². The fourth-order valence-corrected chi connectivity index (χ4v) is 4.86. The molecule has 0 amide bonds. The summed E-state index contributed by atoms with van der Waals surface area (Å²) in [7, 11) is -0.752. The SMILES string of the molecule is C[Si]1(C)CCC[C@H](CCN)CC1. The van der Waals surface area contributed by atoms with Gasteiger partial charge in [-0.15, -0.1) is 0 Å². The van der Waals surface area contributed by atoms with Crippen LogP contribution >= 0.6 is 0 Å². The second-order valence-corrected chi connectivity index (χ2v) is 10.4. The topological polar surface area (TPSA) is 26.0 Å². The molecule has 1 aliphatic heterocycles. The van der Waals surface area contributed by atoms with Crippen LogP contribution in [0.1, 0.15) is 25.7 Å². The van der Waals surface area contributed by atoms with E-state index in [4.69, 9.17) is 5.73 Å². The van der Waals surface area contributed by atoms with E-state index in [1.807, 2.05) is 0 Å². The van der Waals surface area contributed by atoms with E-state index < -0.39 is 8.07 Å². The molecular formula is C10H23NSi. The molecular weight excluding hydrogens is 162 g/mol.